The van der Waals surface area contributed by atoms with Gasteiger partial charge in [-0.2, -0.15) is 4.98 Å². The average Bonchev–Trinajstić information content (AvgIpc) is 2.91. The van der Waals surface area contributed by atoms with Crippen molar-refractivity contribution in [1.29, 1.82) is 0 Å². The maximum Gasteiger partial charge on any atom is 0.270 e. The lowest BCUT2D eigenvalue weighted by Crippen LogP contribution is -2.22. The second-order valence-corrected chi connectivity index (χ2v) is 6.66. The third kappa shape index (κ3) is 2.99. The molecule has 6 nitrogen and oxygen atoms in total. The van der Waals surface area contributed by atoms with Crippen molar-refractivity contribution in [3.8, 4) is 10.8 Å². The molecule has 0 aliphatic carbocycles. The summed E-state index contributed by atoms with van der Waals surface area (Å²) in [7, 11) is 0. The van der Waals surface area contributed by atoms with Gasteiger partial charge in [0.25, 0.3) is 5.89 Å². The fraction of sp³-hybridized carbons (Fsp3) is 0.615. The number of hydrogen-bond donors (Lipinski definition) is 1. The minimum absolute atomic E-state index is 0.112. The molecule has 0 amide bonds. The van der Waals surface area contributed by atoms with Gasteiger partial charge in [-0.1, -0.05) is 37.3 Å². The standard InChI is InChI=1S/C13H20N4O2S/c1-6-18-9(13(3,4)5)10-16-11(19-17-10)8-7(2)15-12(14)20-8/h9H,6H2,1-5H3,(H2,14,15). The van der Waals surface area contributed by atoms with Crippen LogP contribution in [0.4, 0.5) is 5.13 Å². The van der Waals surface area contributed by atoms with Crippen molar-refractivity contribution >= 4 is 16.5 Å². The molecular weight excluding hydrogens is 276 g/mol. The normalized spacial score (nSPS) is 13.7. The Morgan fingerprint density at radius 3 is 2.55 bits per heavy atom. The van der Waals surface area contributed by atoms with Gasteiger partial charge in [-0.3, -0.25) is 0 Å². The van der Waals surface area contributed by atoms with Crippen LogP contribution in [0.2, 0.25) is 0 Å². The van der Waals surface area contributed by atoms with Crippen LogP contribution in [-0.2, 0) is 4.74 Å². The third-order valence-electron chi connectivity index (χ3n) is 2.80. The number of aromatic nitrogens is 3. The lowest BCUT2D eigenvalue weighted by molar-refractivity contribution is -0.0203. The zero-order chi connectivity index (χ0) is 14.9. The average molecular weight is 296 g/mol. The predicted molar refractivity (Wildman–Crippen MR) is 78.4 cm³/mol. The topological polar surface area (TPSA) is 87.1 Å². The molecular formula is C13H20N4O2S. The number of ether oxygens (including phenoxy) is 1. The van der Waals surface area contributed by atoms with Gasteiger partial charge in [0.2, 0.25) is 5.82 Å². The molecule has 2 aromatic heterocycles. The van der Waals surface area contributed by atoms with Gasteiger partial charge in [-0.05, 0) is 19.3 Å². The minimum atomic E-state index is -0.212. The summed E-state index contributed by atoms with van der Waals surface area (Å²) in [6.45, 7) is 10.7. The van der Waals surface area contributed by atoms with E-state index in [4.69, 9.17) is 15.0 Å². The van der Waals surface area contributed by atoms with Gasteiger partial charge in [0.05, 0.1) is 5.69 Å². The first-order chi connectivity index (χ1) is 9.32. The van der Waals surface area contributed by atoms with Gasteiger partial charge >= 0.3 is 0 Å². The van der Waals surface area contributed by atoms with Gasteiger partial charge in [0.15, 0.2) is 5.13 Å². The Kier molecular flexibility index (Phi) is 4.10. The molecule has 0 radical (unpaired) electrons. The number of anilines is 1. The molecule has 0 saturated carbocycles. The van der Waals surface area contributed by atoms with Crippen LogP contribution in [0.15, 0.2) is 4.52 Å². The number of nitrogen functional groups attached to an aromatic ring is 1. The molecule has 110 valence electrons. The van der Waals surface area contributed by atoms with Crippen LogP contribution in [-0.4, -0.2) is 21.7 Å². The Morgan fingerprint density at radius 1 is 1.35 bits per heavy atom. The van der Waals surface area contributed by atoms with Gasteiger partial charge < -0.3 is 15.0 Å². The molecule has 2 heterocycles. The SMILES string of the molecule is CCOC(c1noc(-c2sc(N)nc2C)n1)C(C)(C)C. The first-order valence-electron chi connectivity index (χ1n) is 6.51. The van der Waals surface area contributed by atoms with Crippen LogP contribution in [0, 0.1) is 12.3 Å². The third-order valence-corrected chi connectivity index (χ3v) is 3.78. The highest BCUT2D eigenvalue weighted by Gasteiger charge is 2.31. The van der Waals surface area contributed by atoms with Crippen LogP contribution in [0.5, 0.6) is 0 Å². The Balaban J connectivity index is 2.34. The van der Waals surface area contributed by atoms with Crippen LogP contribution >= 0.6 is 11.3 Å². The molecule has 2 N–H and O–H groups in total. The molecule has 1 atom stereocenters. The zero-order valence-corrected chi connectivity index (χ0v) is 13.2. The largest absolute Gasteiger partial charge is 0.375 e. The summed E-state index contributed by atoms with van der Waals surface area (Å²) < 4.78 is 11.1. The first-order valence-corrected chi connectivity index (χ1v) is 7.33. The Hall–Kier alpha value is -1.47. The quantitative estimate of drug-likeness (QED) is 0.932. The van der Waals surface area contributed by atoms with Gasteiger partial charge in [0.1, 0.15) is 11.0 Å². The Labute approximate surface area is 122 Å². The number of nitrogens with two attached hydrogens (primary N) is 1. The van der Waals surface area contributed by atoms with Crippen LogP contribution in [0.1, 0.15) is 45.3 Å². The molecule has 0 aromatic carbocycles. The van der Waals surface area contributed by atoms with Crippen LogP contribution < -0.4 is 5.73 Å². The van der Waals surface area contributed by atoms with Gasteiger partial charge in [-0.15, -0.1) is 0 Å². The van der Waals surface area contributed by atoms with E-state index in [1.54, 1.807) is 0 Å². The molecule has 20 heavy (non-hydrogen) atoms. The van der Waals surface area contributed by atoms with E-state index in [0.29, 0.717) is 23.5 Å². The second kappa shape index (κ2) is 5.49. The maximum absolute atomic E-state index is 5.76. The molecule has 0 bridgehead atoms. The van der Waals surface area contributed by atoms with Crippen molar-refractivity contribution in [1.82, 2.24) is 15.1 Å². The summed E-state index contributed by atoms with van der Waals surface area (Å²) >= 11 is 1.34. The summed E-state index contributed by atoms with van der Waals surface area (Å²) in [5.74, 6) is 1.00. The monoisotopic (exact) mass is 296 g/mol. The number of hydrogen-bond acceptors (Lipinski definition) is 7. The smallest absolute Gasteiger partial charge is 0.270 e. The van der Waals surface area contributed by atoms with E-state index in [1.165, 1.54) is 11.3 Å². The summed E-state index contributed by atoms with van der Waals surface area (Å²) in [5.41, 5.74) is 6.38. The van der Waals surface area contributed by atoms with Crippen molar-refractivity contribution < 1.29 is 9.26 Å². The van der Waals surface area contributed by atoms with Crippen molar-refractivity contribution in [2.75, 3.05) is 12.3 Å². The van der Waals surface area contributed by atoms with E-state index in [-0.39, 0.29) is 11.5 Å². The molecule has 0 aliphatic rings. The van der Waals surface area contributed by atoms with E-state index in [1.807, 2.05) is 13.8 Å². The van der Waals surface area contributed by atoms with Crippen LogP contribution in [0.3, 0.4) is 0 Å². The molecule has 7 heteroatoms. The second-order valence-electron chi connectivity index (χ2n) is 5.63. The van der Waals surface area contributed by atoms with E-state index in [2.05, 4.69) is 35.9 Å². The number of aryl methyl sites for hydroxylation is 1. The number of nitrogens with zero attached hydrogens (tertiary/aromatic N) is 3. The molecule has 0 aliphatic heterocycles. The minimum Gasteiger partial charge on any atom is -0.375 e. The van der Waals surface area contributed by atoms with E-state index >= 15 is 0 Å². The lowest BCUT2D eigenvalue weighted by atomic mass is 9.88. The molecule has 0 spiro atoms. The van der Waals surface area contributed by atoms with Crippen molar-refractivity contribution in [3.05, 3.63) is 11.5 Å². The van der Waals surface area contributed by atoms with E-state index in [0.717, 1.165) is 10.6 Å². The highest BCUT2D eigenvalue weighted by Crippen LogP contribution is 2.36. The summed E-state index contributed by atoms with van der Waals surface area (Å²) in [6.07, 6.45) is -0.212. The molecule has 2 rings (SSSR count). The highest BCUT2D eigenvalue weighted by atomic mass is 32.1. The maximum atomic E-state index is 5.76. The van der Waals surface area contributed by atoms with Crippen molar-refractivity contribution in [2.24, 2.45) is 5.41 Å². The summed E-state index contributed by atoms with van der Waals surface area (Å²) in [5, 5.41) is 4.55. The first kappa shape index (κ1) is 14.9. The summed E-state index contributed by atoms with van der Waals surface area (Å²) in [4.78, 5) is 9.43. The molecule has 0 saturated heterocycles. The van der Waals surface area contributed by atoms with Crippen molar-refractivity contribution in [3.63, 3.8) is 0 Å². The van der Waals surface area contributed by atoms with Crippen molar-refractivity contribution in [2.45, 2.75) is 40.7 Å². The van der Waals surface area contributed by atoms with E-state index < -0.39 is 0 Å². The lowest BCUT2D eigenvalue weighted by Gasteiger charge is -2.27. The molecule has 1 unspecified atom stereocenters. The summed E-state index contributed by atoms with van der Waals surface area (Å²) in [6, 6.07) is 0. The Bertz CT molecular complexity index is 585. The zero-order valence-electron chi connectivity index (χ0n) is 12.4. The number of thiazole rings is 1. The number of rotatable bonds is 4. The van der Waals surface area contributed by atoms with Crippen LogP contribution in [0.25, 0.3) is 10.8 Å². The molecule has 2 aromatic rings. The Morgan fingerprint density at radius 2 is 2.05 bits per heavy atom. The highest BCUT2D eigenvalue weighted by molar-refractivity contribution is 7.18. The molecule has 0 fully saturated rings. The predicted octanol–water partition coefficient (Wildman–Crippen LogP) is 3.21. The fourth-order valence-corrected chi connectivity index (χ4v) is 2.68. The van der Waals surface area contributed by atoms with Gasteiger partial charge in [-0.25, -0.2) is 4.98 Å². The van der Waals surface area contributed by atoms with Gasteiger partial charge in [0, 0.05) is 6.61 Å². The fourth-order valence-electron chi connectivity index (χ4n) is 1.93. The van der Waals surface area contributed by atoms with E-state index in [9.17, 15) is 0 Å².